The second-order valence-electron chi connectivity index (χ2n) is 7.04. The van der Waals surface area contributed by atoms with Crippen LogP contribution < -0.4 is 5.32 Å². The molecule has 2 amide bonds. The second-order valence-corrected chi connectivity index (χ2v) is 9.23. The van der Waals surface area contributed by atoms with Crippen molar-refractivity contribution in [2.45, 2.75) is 38.3 Å². The maximum absolute atomic E-state index is 12.6. The van der Waals surface area contributed by atoms with Crippen molar-refractivity contribution in [1.82, 2.24) is 10.2 Å². The van der Waals surface area contributed by atoms with Crippen molar-refractivity contribution >= 4 is 27.7 Å². The summed E-state index contributed by atoms with van der Waals surface area (Å²) in [5, 5.41) is 2.87. The summed E-state index contributed by atoms with van der Waals surface area (Å²) in [7, 11) is -3.10. The molecule has 1 aromatic rings. The zero-order chi connectivity index (χ0) is 18.2. The molecule has 0 aliphatic carbocycles. The van der Waals surface area contributed by atoms with Crippen LogP contribution in [0.15, 0.2) is 30.5 Å². The summed E-state index contributed by atoms with van der Waals surface area (Å²) in [6.07, 6.45) is 4.07. The minimum atomic E-state index is -3.10. The van der Waals surface area contributed by atoms with Crippen LogP contribution >= 0.6 is 0 Å². The Hall–Kier alpha value is -2.15. The van der Waals surface area contributed by atoms with E-state index < -0.39 is 15.4 Å². The van der Waals surface area contributed by atoms with E-state index in [-0.39, 0.29) is 35.8 Å². The van der Waals surface area contributed by atoms with E-state index in [1.165, 1.54) is 6.92 Å². The third kappa shape index (κ3) is 3.76. The molecule has 2 aliphatic heterocycles. The van der Waals surface area contributed by atoms with Gasteiger partial charge in [-0.15, -0.1) is 0 Å². The number of fused-ring (bicyclic) bond motifs is 1. The number of benzene rings is 1. The molecular weight excluding hydrogens is 340 g/mol. The monoisotopic (exact) mass is 362 g/mol. The van der Waals surface area contributed by atoms with Gasteiger partial charge in [0, 0.05) is 13.1 Å². The van der Waals surface area contributed by atoms with E-state index in [1.807, 2.05) is 30.3 Å². The molecule has 1 fully saturated rings. The zero-order valence-electron chi connectivity index (χ0n) is 14.4. The zero-order valence-corrected chi connectivity index (χ0v) is 15.2. The van der Waals surface area contributed by atoms with Crippen molar-refractivity contribution in [2.75, 3.05) is 11.5 Å². The van der Waals surface area contributed by atoms with Crippen LogP contribution in [0.3, 0.4) is 0 Å². The lowest BCUT2D eigenvalue weighted by Crippen LogP contribution is -2.48. The number of hydrogen-bond donors (Lipinski definition) is 1. The molecule has 25 heavy (non-hydrogen) atoms. The molecule has 1 aromatic carbocycles. The van der Waals surface area contributed by atoms with Crippen LogP contribution in [0.25, 0.3) is 6.08 Å². The molecule has 0 radical (unpaired) electrons. The Morgan fingerprint density at radius 1 is 1.32 bits per heavy atom. The molecule has 2 aliphatic rings. The highest BCUT2D eigenvalue weighted by Gasteiger charge is 2.40. The molecule has 2 heterocycles. The summed E-state index contributed by atoms with van der Waals surface area (Å²) >= 11 is 0. The topological polar surface area (TPSA) is 83.6 Å². The molecule has 1 N–H and O–H groups in total. The molecule has 3 rings (SSSR count). The van der Waals surface area contributed by atoms with Crippen molar-refractivity contribution < 1.29 is 18.0 Å². The number of sulfone groups is 1. The average molecular weight is 362 g/mol. The van der Waals surface area contributed by atoms with E-state index in [9.17, 15) is 18.0 Å². The predicted octanol–water partition coefficient (Wildman–Crippen LogP) is 1.64. The van der Waals surface area contributed by atoms with Gasteiger partial charge in [-0.05, 0) is 30.5 Å². The number of nitrogens with zero attached hydrogens (tertiary/aromatic N) is 1. The minimum absolute atomic E-state index is 0.0384. The van der Waals surface area contributed by atoms with Crippen molar-refractivity contribution in [3.8, 4) is 0 Å². The third-order valence-corrected chi connectivity index (χ3v) is 6.70. The van der Waals surface area contributed by atoms with Crippen LogP contribution in [0.5, 0.6) is 0 Å². The third-order valence-electron chi connectivity index (χ3n) is 4.79. The van der Waals surface area contributed by atoms with E-state index >= 15 is 0 Å². The summed E-state index contributed by atoms with van der Waals surface area (Å²) in [4.78, 5) is 26.1. The number of amides is 2. The lowest BCUT2D eigenvalue weighted by molar-refractivity contribution is -0.130. The Labute approximate surface area is 147 Å². The standard InChI is InChI=1S/C18H22N2O4S/c1-13(21)20-9-7-14-5-3-4-6-15(14)16(20)11-17(22)19-18(2)8-10-25(23,24)12-18/h3-7,9,16H,8,10-12H2,1-2H3,(H,19,22). The van der Waals surface area contributed by atoms with Gasteiger partial charge in [-0.25, -0.2) is 8.42 Å². The fraction of sp³-hybridized carbons (Fsp3) is 0.444. The Morgan fingerprint density at radius 2 is 2.04 bits per heavy atom. The number of nitrogens with one attached hydrogen (secondary N) is 1. The molecule has 7 heteroatoms. The van der Waals surface area contributed by atoms with Crippen LogP contribution in [-0.4, -0.2) is 42.2 Å². The van der Waals surface area contributed by atoms with Gasteiger partial charge in [-0.2, -0.15) is 0 Å². The number of rotatable bonds is 3. The van der Waals surface area contributed by atoms with Crippen LogP contribution in [0.2, 0.25) is 0 Å². The Balaban J connectivity index is 1.79. The van der Waals surface area contributed by atoms with Crippen molar-refractivity contribution in [3.63, 3.8) is 0 Å². The van der Waals surface area contributed by atoms with Gasteiger partial charge in [-0.1, -0.05) is 24.3 Å². The molecule has 2 unspecified atom stereocenters. The second kappa shape index (κ2) is 6.29. The van der Waals surface area contributed by atoms with E-state index in [1.54, 1.807) is 18.0 Å². The van der Waals surface area contributed by atoms with Gasteiger partial charge < -0.3 is 10.2 Å². The van der Waals surface area contributed by atoms with Crippen molar-refractivity contribution in [3.05, 3.63) is 41.6 Å². The maximum Gasteiger partial charge on any atom is 0.223 e. The number of carbonyl (C=O) groups is 2. The first-order chi connectivity index (χ1) is 11.7. The molecule has 1 saturated heterocycles. The van der Waals surface area contributed by atoms with Crippen LogP contribution in [-0.2, 0) is 19.4 Å². The maximum atomic E-state index is 12.6. The summed E-state index contributed by atoms with van der Waals surface area (Å²) in [6.45, 7) is 3.22. The molecule has 0 spiro atoms. The van der Waals surface area contributed by atoms with Crippen molar-refractivity contribution in [2.24, 2.45) is 0 Å². The molecule has 0 aromatic heterocycles. The Kier molecular flexibility index (Phi) is 4.45. The highest BCUT2D eigenvalue weighted by atomic mass is 32.2. The first-order valence-electron chi connectivity index (χ1n) is 8.27. The summed E-state index contributed by atoms with van der Waals surface area (Å²) in [5.41, 5.74) is 1.16. The molecular formula is C18H22N2O4S. The number of carbonyl (C=O) groups excluding carboxylic acids is 2. The molecule has 2 atom stereocenters. The fourth-order valence-corrected chi connectivity index (χ4v) is 5.68. The number of hydrogen-bond acceptors (Lipinski definition) is 4. The smallest absolute Gasteiger partial charge is 0.223 e. The summed E-state index contributed by atoms with van der Waals surface area (Å²) in [5.74, 6) is -0.332. The van der Waals surface area contributed by atoms with Crippen LogP contribution in [0.4, 0.5) is 0 Å². The normalized spacial score (nSPS) is 27.0. The van der Waals surface area contributed by atoms with Gasteiger partial charge in [0.25, 0.3) is 0 Å². The lowest BCUT2D eigenvalue weighted by Gasteiger charge is -2.33. The quantitative estimate of drug-likeness (QED) is 0.886. The Bertz CT molecular complexity index is 846. The van der Waals surface area contributed by atoms with Gasteiger partial charge in [-0.3, -0.25) is 9.59 Å². The molecule has 6 nitrogen and oxygen atoms in total. The van der Waals surface area contributed by atoms with E-state index in [0.717, 1.165) is 11.1 Å². The van der Waals surface area contributed by atoms with Crippen LogP contribution in [0, 0.1) is 0 Å². The average Bonchev–Trinajstić information content (AvgIpc) is 2.80. The van der Waals surface area contributed by atoms with Crippen molar-refractivity contribution in [1.29, 1.82) is 0 Å². The first kappa shape index (κ1) is 17.7. The summed E-state index contributed by atoms with van der Waals surface area (Å²) in [6, 6.07) is 7.26. The minimum Gasteiger partial charge on any atom is -0.350 e. The highest BCUT2D eigenvalue weighted by molar-refractivity contribution is 7.91. The molecule has 0 bridgehead atoms. The van der Waals surface area contributed by atoms with Gasteiger partial charge >= 0.3 is 0 Å². The molecule has 0 saturated carbocycles. The van der Waals surface area contributed by atoms with Gasteiger partial charge in [0.15, 0.2) is 9.84 Å². The van der Waals surface area contributed by atoms with E-state index in [0.29, 0.717) is 6.42 Å². The Morgan fingerprint density at radius 3 is 2.68 bits per heavy atom. The molecule has 134 valence electrons. The predicted molar refractivity (Wildman–Crippen MR) is 95.2 cm³/mol. The van der Waals surface area contributed by atoms with Gasteiger partial charge in [0.1, 0.15) is 0 Å². The SMILES string of the molecule is CC(=O)N1C=Cc2ccccc2C1CC(=O)NC1(C)CCS(=O)(=O)C1. The lowest BCUT2D eigenvalue weighted by atomic mass is 9.93. The summed E-state index contributed by atoms with van der Waals surface area (Å²) < 4.78 is 23.4. The van der Waals surface area contributed by atoms with Crippen LogP contribution in [0.1, 0.15) is 43.9 Å². The van der Waals surface area contributed by atoms with E-state index in [4.69, 9.17) is 0 Å². The van der Waals surface area contributed by atoms with E-state index in [2.05, 4.69) is 5.32 Å². The van der Waals surface area contributed by atoms with Gasteiger partial charge in [0.05, 0.1) is 29.5 Å². The highest BCUT2D eigenvalue weighted by Crippen LogP contribution is 2.33. The fourth-order valence-electron chi connectivity index (χ4n) is 3.59. The van der Waals surface area contributed by atoms with Gasteiger partial charge in [0.2, 0.25) is 11.8 Å². The largest absolute Gasteiger partial charge is 0.350 e. The first-order valence-corrected chi connectivity index (χ1v) is 10.1.